The van der Waals surface area contributed by atoms with Crippen molar-refractivity contribution in [3.63, 3.8) is 0 Å². The third kappa shape index (κ3) is 3.55. The molecule has 0 aliphatic heterocycles. The fraction of sp³-hybridized carbons (Fsp3) is 0.357. The molecule has 2 N–H and O–H groups in total. The zero-order valence-electron chi connectivity index (χ0n) is 10.7. The molecule has 0 aliphatic carbocycles. The molecule has 0 amide bonds. The van der Waals surface area contributed by atoms with Crippen LogP contribution in [0.3, 0.4) is 0 Å². The van der Waals surface area contributed by atoms with Gasteiger partial charge >= 0.3 is 0 Å². The van der Waals surface area contributed by atoms with E-state index in [1.807, 2.05) is 49.7 Å². The van der Waals surface area contributed by atoms with E-state index in [-0.39, 0.29) is 12.1 Å². The first kappa shape index (κ1) is 13.1. The number of thiazole rings is 1. The summed E-state index contributed by atoms with van der Waals surface area (Å²) in [6.45, 7) is 4.03. The van der Waals surface area contributed by atoms with Crippen molar-refractivity contribution in [1.29, 1.82) is 0 Å². The lowest BCUT2D eigenvalue weighted by Gasteiger charge is -2.13. The Morgan fingerprint density at radius 3 is 2.56 bits per heavy atom. The number of aromatic nitrogens is 1. The Morgan fingerprint density at radius 2 is 2.00 bits per heavy atom. The SMILES string of the molecule is CC(C)Oc1ccc(C(N)Cc2nccs2)cc1. The average molecular weight is 262 g/mol. The molecule has 2 rings (SSSR count). The molecule has 3 nitrogen and oxygen atoms in total. The minimum atomic E-state index is -0.00995. The normalized spacial score (nSPS) is 12.7. The standard InChI is InChI=1S/C14H18N2OS/c1-10(2)17-12-5-3-11(4-6-12)13(15)9-14-16-7-8-18-14/h3-8,10,13H,9,15H2,1-2H3. The fourth-order valence-corrected chi connectivity index (χ4v) is 2.40. The van der Waals surface area contributed by atoms with Gasteiger partial charge < -0.3 is 10.5 Å². The number of benzene rings is 1. The van der Waals surface area contributed by atoms with Crippen LogP contribution in [0.2, 0.25) is 0 Å². The first-order valence-electron chi connectivity index (χ1n) is 6.05. The van der Waals surface area contributed by atoms with Crippen LogP contribution >= 0.6 is 11.3 Å². The largest absolute Gasteiger partial charge is 0.491 e. The van der Waals surface area contributed by atoms with Crippen molar-refractivity contribution in [3.05, 3.63) is 46.4 Å². The van der Waals surface area contributed by atoms with E-state index in [1.54, 1.807) is 11.3 Å². The number of rotatable bonds is 5. The Hall–Kier alpha value is -1.39. The molecule has 0 saturated carbocycles. The van der Waals surface area contributed by atoms with E-state index in [0.717, 1.165) is 22.7 Å². The molecule has 0 aliphatic rings. The molecule has 1 atom stereocenters. The van der Waals surface area contributed by atoms with Gasteiger partial charge in [0.25, 0.3) is 0 Å². The second kappa shape index (κ2) is 5.98. The molecule has 1 heterocycles. The van der Waals surface area contributed by atoms with E-state index < -0.39 is 0 Å². The Balaban J connectivity index is 2.00. The highest BCUT2D eigenvalue weighted by atomic mass is 32.1. The van der Waals surface area contributed by atoms with E-state index in [2.05, 4.69) is 4.98 Å². The molecular weight excluding hydrogens is 244 g/mol. The van der Waals surface area contributed by atoms with E-state index >= 15 is 0 Å². The number of ether oxygens (including phenoxy) is 1. The number of nitrogens with zero attached hydrogens (tertiary/aromatic N) is 1. The van der Waals surface area contributed by atoms with Crippen molar-refractivity contribution in [2.45, 2.75) is 32.4 Å². The molecule has 0 spiro atoms. The Kier molecular flexibility index (Phi) is 4.33. The fourth-order valence-electron chi connectivity index (χ4n) is 1.73. The van der Waals surface area contributed by atoms with Crippen molar-refractivity contribution in [1.82, 2.24) is 4.98 Å². The van der Waals surface area contributed by atoms with Gasteiger partial charge in [-0.25, -0.2) is 4.98 Å². The van der Waals surface area contributed by atoms with Gasteiger partial charge in [-0.05, 0) is 31.5 Å². The van der Waals surface area contributed by atoms with Crippen LogP contribution in [0.4, 0.5) is 0 Å². The smallest absolute Gasteiger partial charge is 0.119 e. The van der Waals surface area contributed by atoms with Crippen LogP contribution in [0.25, 0.3) is 0 Å². The topological polar surface area (TPSA) is 48.1 Å². The van der Waals surface area contributed by atoms with Crippen molar-refractivity contribution in [2.75, 3.05) is 0 Å². The van der Waals surface area contributed by atoms with Gasteiger partial charge in [0.05, 0.1) is 11.1 Å². The molecular formula is C14H18N2OS. The maximum Gasteiger partial charge on any atom is 0.119 e. The van der Waals surface area contributed by atoms with Gasteiger partial charge in [-0.3, -0.25) is 0 Å². The van der Waals surface area contributed by atoms with Crippen LogP contribution in [0.15, 0.2) is 35.8 Å². The van der Waals surface area contributed by atoms with Crippen LogP contribution in [0.1, 0.15) is 30.5 Å². The molecule has 0 saturated heterocycles. The summed E-state index contributed by atoms with van der Waals surface area (Å²) in [6.07, 6.45) is 2.79. The maximum atomic E-state index is 6.16. The summed E-state index contributed by atoms with van der Waals surface area (Å²) >= 11 is 1.64. The highest BCUT2D eigenvalue weighted by Crippen LogP contribution is 2.20. The number of hydrogen-bond acceptors (Lipinski definition) is 4. The lowest BCUT2D eigenvalue weighted by atomic mass is 10.1. The third-order valence-corrected chi connectivity index (χ3v) is 3.36. The summed E-state index contributed by atoms with van der Waals surface area (Å²) in [5, 5.41) is 3.05. The molecule has 0 bridgehead atoms. The monoisotopic (exact) mass is 262 g/mol. The van der Waals surface area contributed by atoms with Gasteiger partial charge in [0.15, 0.2) is 0 Å². The van der Waals surface area contributed by atoms with Crippen LogP contribution in [0, 0.1) is 0 Å². The van der Waals surface area contributed by atoms with Crippen LogP contribution in [0.5, 0.6) is 5.75 Å². The summed E-state index contributed by atoms with van der Waals surface area (Å²) in [4.78, 5) is 4.25. The zero-order valence-corrected chi connectivity index (χ0v) is 11.5. The molecule has 18 heavy (non-hydrogen) atoms. The molecule has 96 valence electrons. The predicted octanol–water partition coefficient (Wildman–Crippen LogP) is 3.17. The molecule has 4 heteroatoms. The first-order valence-corrected chi connectivity index (χ1v) is 6.93. The third-order valence-electron chi connectivity index (χ3n) is 2.56. The van der Waals surface area contributed by atoms with Gasteiger partial charge in [0, 0.05) is 24.0 Å². The average Bonchev–Trinajstić information content (AvgIpc) is 2.82. The summed E-state index contributed by atoms with van der Waals surface area (Å²) in [6, 6.07) is 7.98. The highest BCUT2D eigenvalue weighted by Gasteiger charge is 2.09. The first-order chi connectivity index (χ1) is 8.65. The number of nitrogens with two attached hydrogens (primary N) is 1. The lowest BCUT2D eigenvalue weighted by Crippen LogP contribution is -2.13. The van der Waals surface area contributed by atoms with Crippen molar-refractivity contribution in [2.24, 2.45) is 5.73 Å². The van der Waals surface area contributed by atoms with Crippen LogP contribution in [-0.2, 0) is 6.42 Å². The van der Waals surface area contributed by atoms with Gasteiger partial charge in [0.2, 0.25) is 0 Å². The van der Waals surface area contributed by atoms with Crippen LogP contribution < -0.4 is 10.5 Å². The van der Waals surface area contributed by atoms with Gasteiger partial charge in [-0.2, -0.15) is 0 Å². The second-order valence-electron chi connectivity index (χ2n) is 4.47. The van der Waals surface area contributed by atoms with Crippen molar-refractivity contribution in [3.8, 4) is 5.75 Å². The molecule has 0 fully saturated rings. The van der Waals surface area contributed by atoms with Crippen molar-refractivity contribution >= 4 is 11.3 Å². The van der Waals surface area contributed by atoms with E-state index in [1.165, 1.54) is 0 Å². The van der Waals surface area contributed by atoms with Gasteiger partial charge in [-0.15, -0.1) is 11.3 Å². The minimum Gasteiger partial charge on any atom is -0.491 e. The Bertz CT molecular complexity index is 465. The predicted molar refractivity (Wildman–Crippen MR) is 75.0 cm³/mol. The van der Waals surface area contributed by atoms with Crippen molar-refractivity contribution < 1.29 is 4.74 Å². The molecule has 1 unspecified atom stereocenters. The van der Waals surface area contributed by atoms with Gasteiger partial charge in [0.1, 0.15) is 5.75 Å². The van der Waals surface area contributed by atoms with E-state index in [9.17, 15) is 0 Å². The Morgan fingerprint density at radius 1 is 1.28 bits per heavy atom. The molecule has 1 aromatic heterocycles. The summed E-state index contributed by atoms with van der Waals surface area (Å²) in [5.41, 5.74) is 7.28. The Labute approximate surface area is 112 Å². The minimum absolute atomic E-state index is 0.00995. The molecule has 1 aromatic carbocycles. The summed E-state index contributed by atoms with van der Waals surface area (Å²) in [5.74, 6) is 0.884. The lowest BCUT2D eigenvalue weighted by molar-refractivity contribution is 0.242. The summed E-state index contributed by atoms with van der Waals surface area (Å²) in [7, 11) is 0. The zero-order chi connectivity index (χ0) is 13.0. The highest BCUT2D eigenvalue weighted by molar-refractivity contribution is 7.09. The number of hydrogen-bond donors (Lipinski definition) is 1. The van der Waals surface area contributed by atoms with E-state index in [0.29, 0.717) is 0 Å². The summed E-state index contributed by atoms with van der Waals surface area (Å²) < 4.78 is 5.60. The molecule has 2 aromatic rings. The quantitative estimate of drug-likeness (QED) is 0.900. The molecule has 0 radical (unpaired) electrons. The van der Waals surface area contributed by atoms with Crippen LogP contribution in [-0.4, -0.2) is 11.1 Å². The second-order valence-corrected chi connectivity index (χ2v) is 5.45. The van der Waals surface area contributed by atoms with E-state index in [4.69, 9.17) is 10.5 Å². The maximum absolute atomic E-state index is 6.16. The van der Waals surface area contributed by atoms with Gasteiger partial charge in [-0.1, -0.05) is 12.1 Å².